The first-order valence-electron chi connectivity index (χ1n) is 9.62. The number of nitrogens with one attached hydrogen (secondary N) is 1. The minimum atomic E-state index is -3.68. The number of thioether (sulfide) groups is 1. The fraction of sp³-hybridized carbons (Fsp3) is 0.381. The van der Waals surface area contributed by atoms with Crippen LogP contribution in [0.1, 0.15) is 12.0 Å². The van der Waals surface area contributed by atoms with Crippen LogP contribution in [0.4, 0.5) is 5.69 Å². The molecule has 0 spiro atoms. The van der Waals surface area contributed by atoms with Crippen LogP contribution in [-0.2, 0) is 21.2 Å². The Morgan fingerprint density at radius 3 is 2.62 bits per heavy atom. The molecule has 1 amide bonds. The molecule has 0 unspecified atom stereocenters. The van der Waals surface area contributed by atoms with Gasteiger partial charge in [-0.3, -0.25) is 4.79 Å². The minimum Gasteiger partial charge on any atom is -0.371 e. The molecule has 1 heterocycles. The maximum atomic E-state index is 12.6. The van der Waals surface area contributed by atoms with Gasteiger partial charge in [0.1, 0.15) is 0 Å². The van der Waals surface area contributed by atoms with Crippen molar-refractivity contribution in [1.82, 2.24) is 9.62 Å². The van der Waals surface area contributed by atoms with Crippen LogP contribution in [0.2, 0.25) is 0 Å². The zero-order valence-electron chi connectivity index (χ0n) is 16.8. The van der Waals surface area contributed by atoms with E-state index in [1.54, 1.807) is 36.0 Å². The van der Waals surface area contributed by atoms with Crippen LogP contribution in [0.5, 0.6) is 0 Å². The first-order chi connectivity index (χ1) is 13.9. The average Bonchev–Trinajstić information content (AvgIpc) is 3.14. The number of sulfonamides is 1. The lowest BCUT2D eigenvalue weighted by atomic mass is 10.2. The van der Waals surface area contributed by atoms with E-state index in [-0.39, 0.29) is 17.3 Å². The average molecular weight is 434 g/mol. The monoisotopic (exact) mass is 433 g/mol. The largest absolute Gasteiger partial charge is 0.371 e. The maximum absolute atomic E-state index is 12.6. The zero-order valence-corrected chi connectivity index (χ0v) is 18.4. The van der Waals surface area contributed by atoms with Gasteiger partial charge in [-0.25, -0.2) is 8.42 Å². The second-order valence-corrected chi connectivity index (χ2v) is 9.93. The minimum absolute atomic E-state index is 0.193. The van der Waals surface area contributed by atoms with Crippen LogP contribution in [0.25, 0.3) is 0 Å². The summed E-state index contributed by atoms with van der Waals surface area (Å²) in [7, 11) is -2.25. The molecule has 6 nitrogen and oxygen atoms in total. The lowest BCUT2D eigenvalue weighted by Gasteiger charge is -2.20. The van der Waals surface area contributed by atoms with Crippen LogP contribution in [0, 0.1) is 0 Å². The SMILES string of the molecule is CSc1ccc(S(=O)(=O)N(C)CC(=O)NCCCN2CCc3ccccc32)cc1. The van der Waals surface area contributed by atoms with Gasteiger partial charge in [0.2, 0.25) is 15.9 Å². The zero-order chi connectivity index (χ0) is 20.9. The highest BCUT2D eigenvalue weighted by Crippen LogP contribution is 2.27. The van der Waals surface area contributed by atoms with Gasteiger partial charge in [-0.1, -0.05) is 18.2 Å². The van der Waals surface area contributed by atoms with E-state index < -0.39 is 10.0 Å². The Kier molecular flexibility index (Phi) is 7.21. The predicted molar refractivity (Wildman–Crippen MR) is 118 cm³/mol. The number of hydrogen-bond acceptors (Lipinski definition) is 5. The van der Waals surface area contributed by atoms with E-state index in [0.29, 0.717) is 6.54 Å². The summed E-state index contributed by atoms with van der Waals surface area (Å²) in [5, 5.41) is 2.83. The van der Waals surface area contributed by atoms with E-state index in [4.69, 9.17) is 0 Å². The van der Waals surface area contributed by atoms with Gasteiger partial charge >= 0.3 is 0 Å². The molecule has 0 saturated carbocycles. The Balaban J connectivity index is 1.44. The van der Waals surface area contributed by atoms with Crippen molar-refractivity contribution in [1.29, 1.82) is 0 Å². The van der Waals surface area contributed by atoms with Crippen molar-refractivity contribution >= 4 is 33.4 Å². The van der Waals surface area contributed by atoms with Gasteiger partial charge in [0.05, 0.1) is 11.4 Å². The molecule has 8 heteroatoms. The summed E-state index contributed by atoms with van der Waals surface area (Å²) in [6.07, 6.45) is 3.80. The molecular formula is C21H27N3O3S2. The summed E-state index contributed by atoms with van der Waals surface area (Å²) < 4.78 is 26.3. The molecule has 0 radical (unpaired) electrons. The van der Waals surface area contributed by atoms with Crippen molar-refractivity contribution in [2.45, 2.75) is 22.6 Å². The number of likely N-dealkylation sites (N-methyl/N-ethyl adjacent to an activating group) is 1. The number of carbonyl (C=O) groups is 1. The lowest BCUT2D eigenvalue weighted by Crippen LogP contribution is -2.39. The van der Waals surface area contributed by atoms with Crippen molar-refractivity contribution in [3.63, 3.8) is 0 Å². The van der Waals surface area contributed by atoms with Gasteiger partial charge < -0.3 is 10.2 Å². The van der Waals surface area contributed by atoms with Crippen LogP contribution >= 0.6 is 11.8 Å². The number of anilines is 1. The van der Waals surface area contributed by atoms with Gasteiger partial charge in [-0.05, 0) is 55.0 Å². The Labute approximate surface area is 177 Å². The fourth-order valence-corrected chi connectivity index (χ4v) is 4.94. The Morgan fingerprint density at radius 2 is 1.90 bits per heavy atom. The number of amides is 1. The quantitative estimate of drug-likeness (QED) is 0.486. The Bertz CT molecular complexity index is 946. The standard InChI is InChI=1S/C21H27N3O3S2/c1-23(29(26,27)19-10-8-18(28-2)9-11-19)16-21(25)22-13-5-14-24-15-12-17-6-3-4-7-20(17)24/h3-4,6-11H,5,12-16H2,1-2H3,(H,22,25). The van der Waals surface area contributed by atoms with Gasteiger partial charge in [-0.2, -0.15) is 4.31 Å². The van der Waals surface area contributed by atoms with E-state index in [1.165, 1.54) is 18.3 Å². The molecule has 0 atom stereocenters. The number of carbonyl (C=O) groups excluding carboxylic acids is 1. The first kappa shape index (κ1) is 21.7. The number of fused-ring (bicyclic) bond motifs is 1. The van der Waals surface area contributed by atoms with Gasteiger partial charge in [-0.15, -0.1) is 11.8 Å². The molecule has 0 aromatic heterocycles. The van der Waals surface area contributed by atoms with Crippen molar-refractivity contribution in [3.8, 4) is 0 Å². The van der Waals surface area contributed by atoms with Crippen molar-refractivity contribution in [2.75, 3.05) is 44.4 Å². The Morgan fingerprint density at radius 1 is 1.17 bits per heavy atom. The highest BCUT2D eigenvalue weighted by atomic mass is 32.2. The smallest absolute Gasteiger partial charge is 0.243 e. The summed E-state index contributed by atoms with van der Waals surface area (Å²) in [6, 6.07) is 15.1. The lowest BCUT2D eigenvalue weighted by molar-refractivity contribution is -0.121. The number of rotatable bonds is 9. The van der Waals surface area contributed by atoms with E-state index >= 15 is 0 Å². The molecule has 2 aromatic rings. The molecule has 1 aliphatic rings. The normalized spacial score (nSPS) is 13.6. The van der Waals surface area contributed by atoms with E-state index in [9.17, 15) is 13.2 Å². The van der Waals surface area contributed by atoms with E-state index in [2.05, 4.69) is 28.4 Å². The number of para-hydroxylation sites is 1. The van der Waals surface area contributed by atoms with Gasteiger partial charge in [0.15, 0.2) is 0 Å². The maximum Gasteiger partial charge on any atom is 0.243 e. The molecule has 0 bridgehead atoms. The molecule has 0 aliphatic carbocycles. The van der Waals surface area contributed by atoms with Crippen LogP contribution in [0.3, 0.4) is 0 Å². The van der Waals surface area contributed by atoms with E-state index in [1.807, 2.05) is 12.3 Å². The Hall–Kier alpha value is -2.03. The molecule has 29 heavy (non-hydrogen) atoms. The van der Waals surface area contributed by atoms with Crippen LogP contribution in [0.15, 0.2) is 58.3 Å². The van der Waals surface area contributed by atoms with Crippen molar-refractivity contribution in [2.24, 2.45) is 0 Å². The summed E-state index contributed by atoms with van der Waals surface area (Å²) in [5.74, 6) is -0.293. The molecule has 2 aromatic carbocycles. The summed E-state index contributed by atoms with van der Waals surface area (Å²) in [4.78, 5) is 15.7. The van der Waals surface area contributed by atoms with Gasteiger partial charge in [0.25, 0.3) is 0 Å². The second kappa shape index (κ2) is 9.65. The second-order valence-electron chi connectivity index (χ2n) is 7.01. The molecule has 1 N–H and O–H groups in total. The molecule has 0 saturated heterocycles. The van der Waals surface area contributed by atoms with Crippen molar-refractivity contribution in [3.05, 3.63) is 54.1 Å². The van der Waals surface area contributed by atoms with Crippen LogP contribution in [-0.4, -0.2) is 58.1 Å². The van der Waals surface area contributed by atoms with Gasteiger partial charge in [0, 0.05) is 37.3 Å². The molecule has 0 fully saturated rings. The van der Waals surface area contributed by atoms with Crippen LogP contribution < -0.4 is 10.2 Å². The first-order valence-corrected chi connectivity index (χ1v) is 12.3. The molecule has 1 aliphatic heterocycles. The highest BCUT2D eigenvalue weighted by Gasteiger charge is 2.23. The van der Waals surface area contributed by atoms with E-state index in [0.717, 1.165) is 35.1 Å². The summed E-state index contributed by atoms with van der Waals surface area (Å²) in [6.45, 7) is 2.20. The number of nitrogens with zero attached hydrogens (tertiary/aromatic N) is 2. The topological polar surface area (TPSA) is 69.7 Å². The predicted octanol–water partition coefficient (Wildman–Crippen LogP) is 2.60. The summed E-state index contributed by atoms with van der Waals surface area (Å²) in [5.41, 5.74) is 2.64. The molecule has 156 valence electrons. The third kappa shape index (κ3) is 5.32. The third-order valence-corrected chi connectivity index (χ3v) is 7.61. The fourth-order valence-electron chi connectivity index (χ4n) is 3.41. The highest BCUT2D eigenvalue weighted by molar-refractivity contribution is 7.98. The number of benzene rings is 2. The third-order valence-electron chi connectivity index (χ3n) is 5.04. The molecule has 3 rings (SSSR count). The van der Waals surface area contributed by atoms with Crippen molar-refractivity contribution < 1.29 is 13.2 Å². The number of hydrogen-bond donors (Lipinski definition) is 1. The summed E-state index contributed by atoms with van der Waals surface area (Å²) >= 11 is 1.55. The molecular weight excluding hydrogens is 406 g/mol.